The third-order valence-corrected chi connectivity index (χ3v) is 4.02. The Bertz CT molecular complexity index is 714. The third kappa shape index (κ3) is 4.56. The molecule has 0 aliphatic heterocycles. The molecule has 1 aromatic carbocycles. The van der Waals surface area contributed by atoms with Gasteiger partial charge in [0, 0.05) is 18.3 Å². The lowest BCUT2D eigenvalue weighted by molar-refractivity contribution is -0.383. The molecule has 2 rings (SSSR count). The molecule has 1 aliphatic rings. The normalized spacial score (nSPS) is 13.7. The maximum Gasteiger partial charge on any atom is 0.338 e. The van der Waals surface area contributed by atoms with Crippen molar-refractivity contribution >= 4 is 23.3 Å². The highest BCUT2D eigenvalue weighted by Crippen LogP contribution is 2.23. The van der Waals surface area contributed by atoms with E-state index in [1.165, 1.54) is 12.1 Å². The fourth-order valence-electron chi connectivity index (χ4n) is 2.72. The second-order valence-corrected chi connectivity index (χ2v) is 5.69. The Morgan fingerprint density at radius 3 is 2.72 bits per heavy atom. The van der Waals surface area contributed by atoms with Crippen molar-refractivity contribution in [1.29, 1.82) is 0 Å². The highest BCUT2D eigenvalue weighted by molar-refractivity contribution is 5.93. The molecular formula is C17H21N3O5. The second-order valence-electron chi connectivity index (χ2n) is 5.69. The topological polar surface area (TPSA) is 116 Å². The van der Waals surface area contributed by atoms with Gasteiger partial charge in [-0.3, -0.25) is 14.9 Å². The first-order valence-electron chi connectivity index (χ1n) is 8.14. The number of benzene rings is 1. The predicted octanol–water partition coefficient (Wildman–Crippen LogP) is 2.64. The third-order valence-electron chi connectivity index (χ3n) is 4.02. The number of nitrogens with zero attached hydrogens (tertiary/aromatic N) is 2. The van der Waals surface area contributed by atoms with E-state index in [9.17, 15) is 19.7 Å². The molecule has 2 N–H and O–H groups in total. The van der Waals surface area contributed by atoms with Gasteiger partial charge >= 0.3 is 5.97 Å². The van der Waals surface area contributed by atoms with Crippen molar-refractivity contribution in [2.75, 3.05) is 18.9 Å². The lowest BCUT2D eigenvalue weighted by Gasteiger charge is -2.26. The van der Waals surface area contributed by atoms with E-state index in [1.807, 2.05) is 13.0 Å². The van der Waals surface area contributed by atoms with Crippen molar-refractivity contribution in [3.05, 3.63) is 45.6 Å². The van der Waals surface area contributed by atoms with Crippen LogP contribution in [0.1, 0.15) is 43.0 Å². The molecule has 0 atom stereocenters. The zero-order chi connectivity index (χ0) is 18.4. The maximum absolute atomic E-state index is 12.3. The molecule has 0 fully saturated rings. The Kier molecular flexibility index (Phi) is 6.10. The molecule has 0 unspecified atom stereocenters. The molecule has 25 heavy (non-hydrogen) atoms. The van der Waals surface area contributed by atoms with Crippen LogP contribution in [0.15, 0.2) is 30.0 Å². The molecule has 0 heterocycles. The minimum Gasteiger partial charge on any atom is -0.452 e. The summed E-state index contributed by atoms with van der Waals surface area (Å²) in [6.45, 7) is 1.94. The Morgan fingerprint density at radius 1 is 1.36 bits per heavy atom. The van der Waals surface area contributed by atoms with Gasteiger partial charge in [-0.15, -0.1) is 0 Å². The summed E-state index contributed by atoms with van der Waals surface area (Å²) in [4.78, 5) is 36.2. The number of allylic oxidation sites excluding steroid dienone is 2. The van der Waals surface area contributed by atoms with Crippen LogP contribution in [0.3, 0.4) is 0 Å². The lowest BCUT2D eigenvalue weighted by Crippen LogP contribution is -2.34. The van der Waals surface area contributed by atoms with Gasteiger partial charge < -0.3 is 15.4 Å². The van der Waals surface area contributed by atoms with Crippen LogP contribution in [0.4, 0.5) is 11.4 Å². The van der Waals surface area contributed by atoms with Gasteiger partial charge in [0.15, 0.2) is 6.61 Å². The molecule has 8 heteroatoms. The monoisotopic (exact) mass is 347 g/mol. The Labute approximate surface area is 145 Å². The molecule has 0 bridgehead atoms. The van der Waals surface area contributed by atoms with Crippen LogP contribution in [0.2, 0.25) is 0 Å². The number of esters is 1. The maximum atomic E-state index is 12.3. The van der Waals surface area contributed by atoms with Crippen LogP contribution in [0.25, 0.3) is 0 Å². The van der Waals surface area contributed by atoms with Gasteiger partial charge in [0.1, 0.15) is 5.69 Å². The number of amides is 1. The number of hydrogen-bond donors (Lipinski definition) is 1. The number of rotatable bonds is 6. The summed E-state index contributed by atoms with van der Waals surface area (Å²) in [5.74, 6) is -1.11. The van der Waals surface area contributed by atoms with Gasteiger partial charge in [-0.25, -0.2) is 4.79 Å². The first-order chi connectivity index (χ1) is 11.9. The summed E-state index contributed by atoms with van der Waals surface area (Å²) in [5, 5.41) is 10.9. The summed E-state index contributed by atoms with van der Waals surface area (Å²) >= 11 is 0. The summed E-state index contributed by atoms with van der Waals surface area (Å²) in [5.41, 5.74) is 6.01. The number of nitro benzene ring substituents is 1. The summed E-state index contributed by atoms with van der Waals surface area (Å²) < 4.78 is 5.02. The van der Waals surface area contributed by atoms with E-state index in [4.69, 9.17) is 10.5 Å². The van der Waals surface area contributed by atoms with Gasteiger partial charge in [-0.05, 0) is 44.7 Å². The molecule has 0 aromatic heterocycles. The average molecular weight is 347 g/mol. The second kappa shape index (κ2) is 8.27. The molecule has 1 amide bonds. The molecule has 1 aliphatic carbocycles. The van der Waals surface area contributed by atoms with Crippen molar-refractivity contribution in [2.45, 2.75) is 32.6 Å². The fourth-order valence-corrected chi connectivity index (χ4v) is 2.72. The van der Waals surface area contributed by atoms with Gasteiger partial charge in [-0.1, -0.05) is 6.08 Å². The minimum absolute atomic E-state index is 0.0198. The van der Waals surface area contributed by atoms with Crippen LogP contribution >= 0.6 is 0 Å². The Morgan fingerprint density at radius 2 is 2.12 bits per heavy atom. The fraction of sp³-hybridized carbons (Fsp3) is 0.412. The van der Waals surface area contributed by atoms with Crippen molar-refractivity contribution in [1.82, 2.24) is 4.90 Å². The number of anilines is 1. The molecule has 0 saturated heterocycles. The smallest absolute Gasteiger partial charge is 0.338 e. The molecule has 0 spiro atoms. The van der Waals surface area contributed by atoms with Crippen molar-refractivity contribution < 1.29 is 19.2 Å². The van der Waals surface area contributed by atoms with Gasteiger partial charge in [0.2, 0.25) is 0 Å². The molecular weight excluding hydrogens is 326 g/mol. The summed E-state index contributed by atoms with van der Waals surface area (Å²) in [7, 11) is 0. The highest BCUT2D eigenvalue weighted by atomic mass is 16.6. The number of ether oxygens (including phenoxy) is 1. The number of carbonyl (C=O) groups is 2. The van der Waals surface area contributed by atoms with Crippen molar-refractivity contribution in [3.63, 3.8) is 0 Å². The lowest BCUT2D eigenvalue weighted by atomic mass is 10.0. The zero-order valence-electron chi connectivity index (χ0n) is 14.1. The van der Waals surface area contributed by atoms with E-state index in [2.05, 4.69) is 0 Å². The van der Waals surface area contributed by atoms with Gasteiger partial charge in [0.05, 0.1) is 10.5 Å². The SMILES string of the molecule is CCN(C(=O)COC(=O)c1ccc(N)c([N+](=O)[O-])c1)C1=CCCCC1. The van der Waals surface area contributed by atoms with Crippen molar-refractivity contribution in [3.8, 4) is 0 Å². The van der Waals surface area contributed by atoms with Crippen LogP contribution in [-0.4, -0.2) is 34.9 Å². The summed E-state index contributed by atoms with van der Waals surface area (Å²) in [6, 6.07) is 3.64. The molecule has 1 aromatic rings. The molecule has 8 nitrogen and oxygen atoms in total. The van der Waals surface area contributed by atoms with Crippen LogP contribution in [-0.2, 0) is 9.53 Å². The quantitative estimate of drug-likeness (QED) is 0.366. The van der Waals surface area contributed by atoms with Crippen molar-refractivity contribution in [2.24, 2.45) is 0 Å². The predicted molar refractivity (Wildman–Crippen MR) is 91.7 cm³/mol. The number of carbonyl (C=O) groups excluding carboxylic acids is 2. The van der Waals surface area contributed by atoms with E-state index < -0.39 is 17.5 Å². The average Bonchev–Trinajstić information content (AvgIpc) is 2.61. The first-order valence-corrected chi connectivity index (χ1v) is 8.14. The summed E-state index contributed by atoms with van der Waals surface area (Å²) in [6.07, 6.45) is 5.95. The van der Waals surface area contributed by atoms with E-state index in [0.29, 0.717) is 6.54 Å². The van der Waals surface area contributed by atoms with E-state index in [1.54, 1.807) is 4.90 Å². The highest BCUT2D eigenvalue weighted by Gasteiger charge is 2.21. The van der Waals surface area contributed by atoms with Crippen LogP contribution < -0.4 is 5.73 Å². The van der Waals surface area contributed by atoms with E-state index in [0.717, 1.165) is 37.4 Å². The number of likely N-dealkylation sites (N-methyl/N-ethyl adjacent to an activating group) is 1. The number of nitro groups is 1. The van der Waals surface area contributed by atoms with Gasteiger partial charge in [-0.2, -0.15) is 0 Å². The van der Waals surface area contributed by atoms with Crippen LogP contribution in [0.5, 0.6) is 0 Å². The number of nitrogens with two attached hydrogens (primary N) is 1. The Hall–Kier alpha value is -2.90. The molecule has 0 saturated carbocycles. The van der Waals surface area contributed by atoms with Crippen LogP contribution in [0, 0.1) is 10.1 Å². The Balaban J connectivity index is 2.01. The number of nitrogen functional groups attached to an aromatic ring is 1. The molecule has 0 radical (unpaired) electrons. The first kappa shape index (κ1) is 18.4. The zero-order valence-corrected chi connectivity index (χ0v) is 14.1. The number of hydrogen-bond acceptors (Lipinski definition) is 6. The van der Waals surface area contributed by atoms with Gasteiger partial charge in [0.25, 0.3) is 11.6 Å². The van der Waals surface area contributed by atoms with E-state index in [-0.39, 0.29) is 22.8 Å². The molecule has 134 valence electrons. The largest absolute Gasteiger partial charge is 0.452 e. The minimum atomic E-state index is -0.801. The van der Waals surface area contributed by atoms with E-state index >= 15 is 0 Å². The standard InChI is InChI=1S/C17H21N3O5/c1-2-19(13-6-4-3-5-7-13)16(21)11-25-17(22)12-8-9-14(18)15(10-12)20(23)24/h6,8-10H,2-5,7,11,18H2,1H3.